The van der Waals surface area contributed by atoms with Crippen LogP contribution in [0.3, 0.4) is 0 Å². The van der Waals surface area contributed by atoms with E-state index in [4.69, 9.17) is 21.1 Å². The monoisotopic (exact) mass is 570 g/mol. The lowest BCUT2D eigenvalue weighted by molar-refractivity contribution is -0.138. The number of benzene rings is 1. The molecule has 2 saturated heterocycles. The van der Waals surface area contributed by atoms with E-state index in [2.05, 4.69) is 20.6 Å². The van der Waals surface area contributed by atoms with E-state index in [1.54, 1.807) is 23.4 Å². The Hall–Kier alpha value is -3.41. The van der Waals surface area contributed by atoms with E-state index in [9.17, 15) is 14.4 Å². The number of anilines is 1. The number of fused-ring (bicyclic) bond motifs is 3. The first kappa shape index (κ1) is 28.1. The van der Waals surface area contributed by atoms with Crippen LogP contribution in [0.25, 0.3) is 21.8 Å². The number of likely N-dealkylation sites (tertiary alicyclic amines) is 1. The number of rotatable bonds is 5. The van der Waals surface area contributed by atoms with Crippen LogP contribution in [0.4, 0.5) is 10.5 Å². The number of H-pyrrole nitrogens is 1. The molecule has 3 aromatic rings. The van der Waals surface area contributed by atoms with Gasteiger partial charge in [-0.3, -0.25) is 19.5 Å². The Balaban J connectivity index is 1.21. The molecule has 1 atom stereocenters. The number of amides is 3. The van der Waals surface area contributed by atoms with Crippen molar-refractivity contribution in [3.05, 3.63) is 35.6 Å². The van der Waals surface area contributed by atoms with Crippen molar-refractivity contribution in [3.63, 3.8) is 0 Å². The summed E-state index contributed by atoms with van der Waals surface area (Å²) in [6, 6.07) is 4.78. The number of carbonyl (C=O) groups excluding carboxylic acids is 3. The molecule has 2 fully saturated rings. The minimum absolute atomic E-state index is 0.0456. The van der Waals surface area contributed by atoms with Crippen LogP contribution in [-0.2, 0) is 19.1 Å². The van der Waals surface area contributed by atoms with Gasteiger partial charge in [-0.15, -0.1) is 0 Å². The number of alkyl carbamates (subject to hydrolysis) is 1. The predicted molar refractivity (Wildman–Crippen MR) is 152 cm³/mol. The summed E-state index contributed by atoms with van der Waals surface area (Å²) >= 11 is 6.40. The van der Waals surface area contributed by atoms with E-state index < -0.39 is 17.7 Å². The van der Waals surface area contributed by atoms with Crippen LogP contribution in [0.15, 0.2) is 30.6 Å². The molecule has 12 heteroatoms. The number of piperidine rings is 1. The quantitative estimate of drug-likeness (QED) is 0.428. The molecule has 40 heavy (non-hydrogen) atoms. The number of halogens is 1. The molecule has 2 aliphatic heterocycles. The Morgan fingerprint density at radius 2 is 1.95 bits per heavy atom. The molecule has 0 aliphatic carbocycles. The smallest absolute Gasteiger partial charge is 0.407 e. The van der Waals surface area contributed by atoms with Gasteiger partial charge in [-0.25, -0.2) is 4.79 Å². The first-order chi connectivity index (χ1) is 19.1. The zero-order valence-electron chi connectivity index (χ0n) is 23.0. The maximum atomic E-state index is 13.5. The number of pyridine rings is 1. The van der Waals surface area contributed by atoms with E-state index in [1.165, 1.54) is 0 Å². The Labute approximate surface area is 237 Å². The van der Waals surface area contributed by atoms with Crippen molar-refractivity contribution in [3.8, 4) is 0 Å². The van der Waals surface area contributed by atoms with Gasteiger partial charge in [-0.2, -0.15) is 0 Å². The van der Waals surface area contributed by atoms with Crippen molar-refractivity contribution in [2.24, 2.45) is 0 Å². The average Bonchev–Trinajstić information content (AvgIpc) is 3.27. The number of hydrogen-bond donors (Lipinski definition) is 3. The lowest BCUT2D eigenvalue weighted by Crippen LogP contribution is -2.56. The summed E-state index contributed by atoms with van der Waals surface area (Å²) in [5.41, 5.74) is 1.59. The lowest BCUT2D eigenvalue weighted by Gasteiger charge is -2.37. The summed E-state index contributed by atoms with van der Waals surface area (Å²) in [4.78, 5) is 49.9. The third-order valence-corrected chi connectivity index (χ3v) is 7.40. The van der Waals surface area contributed by atoms with Gasteiger partial charge in [0.15, 0.2) is 0 Å². The van der Waals surface area contributed by atoms with Gasteiger partial charge in [-0.1, -0.05) is 11.6 Å². The maximum Gasteiger partial charge on any atom is 0.407 e. The van der Waals surface area contributed by atoms with Crippen LogP contribution in [0, 0.1) is 0 Å². The number of carbonyl (C=O) groups is 3. The Morgan fingerprint density at radius 1 is 1.18 bits per heavy atom. The van der Waals surface area contributed by atoms with Crippen LogP contribution in [0.1, 0.15) is 33.6 Å². The van der Waals surface area contributed by atoms with Crippen LogP contribution >= 0.6 is 11.6 Å². The number of morpholine rings is 1. The van der Waals surface area contributed by atoms with Crippen molar-refractivity contribution in [1.82, 2.24) is 25.1 Å². The molecule has 0 bridgehead atoms. The fourth-order valence-corrected chi connectivity index (χ4v) is 5.44. The van der Waals surface area contributed by atoms with E-state index >= 15 is 0 Å². The fraction of sp³-hybridized carbons (Fsp3) is 0.500. The molecular formula is C28H35ClN6O5. The summed E-state index contributed by atoms with van der Waals surface area (Å²) in [6.07, 6.45) is 4.28. The van der Waals surface area contributed by atoms with Crippen LogP contribution < -0.4 is 10.6 Å². The van der Waals surface area contributed by atoms with Crippen molar-refractivity contribution in [1.29, 1.82) is 0 Å². The highest BCUT2D eigenvalue weighted by Gasteiger charge is 2.33. The molecule has 11 nitrogen and oxygen atoms in total. The van der Waals surface area contributed by atoms with Gasteiger partial charge in [0, 0.05) is 47.7 Å². The van der Waals surface area contributed by atoms with Gasteiger partial charge in [0.25, 0.3) is 0 Å². The molecule has 0 unspecified atom stereocenters. The third kappa shape index (κ3) is 6.48. The average molecular weight is 571 g/mol. The minimum Gasteiger partial charge on any atom is -0.444 e. The first-order valence-electron chi connectivity index (χ1n) is 13.5. The van der Waals surface area contributed by atoms with E-state index in [1.807, 2.05) is 37.8 Å². The second kappa shape index (κ2) is 11.6. The first-order valence-corrected chi connectivity index (χ1v) is 13.9. The van der Waals surface area contributed by atoms with Gasteiger partial charge in [-0.05, 0) is 51.8 Å². The summed E-state index contributed by atoms with van der Waals surface area (Å²) < 4.78 is 11.0. The van der Waals surface area contributed by atoms with Gasteiger partial charge in [0.2, 0.25) is 11.8 Å². The number of ether oxygens (including phenoxy) is 2. The highest BCUT2D eigenvalue weighted by Crippen LogP contribution is 2.33. The molecule has 2 aliphatic rings. The van der Waals surface area contributed by atoms with E-state index in [-0.39, 0.29) is 31.0 Å². The molecule has 3 N–H and O–H groups in total. The van der Waals surface area contributed by atoms with Crippen molar-refractivity contribution in [2.75, 3.05) is 44.7 Å². The zero-order chi connectivity index (χ0) is 28.4. The number of aromatic amines is 1. The van der Waals surface area contributed by atoms with E-state index in [0.29, 0.717) is 49.8 Å². The summed E-state index contributed by atoms with van der Waals surface area (Å²) in [5.74, 6) is -0.322. The molecule has 0 saturated carbocycles. The molecule has 0 spiro atoms. The van der Waals surface area contributed by atoms with Gasteiger partial charge >= 0.3 is 6.09 Å². The minimum atomic E-state index is -0.635. The van der Waals surface area contributed by atoms with Crippen LogP contribution in [-0.4, -0.2) is 94.8 Å². The maximum absolute atomic E-state index is 13.5. The summed E-state index contributed by atoms with van der Waals surface area (Å²) in [5, 5.41) is 8.24. The van der Waals surface area contributed by atoms with Crippen LogP contribution in [0.2, 0.25) is 5.02 Å². The van der Waals surface area contributed by atoms with Crippen molar-refractivity contribution in [2.45, 2.75) is 51.3 Å². The van der Waals surface area contributed by atoms with Crippen molar-refractivity contribution >= 4 is 57.0 Å². The summed E-state index contributed by atoms with van der Waals surface area (Å²) in [6.45, 7) is 7.70. The standard InChI is InChI=1S/C28H35ClN6O5/c1-28(2,3)40-27(38)31-18-5-8-34(9-6-18)24(36)15-35-10-11-39-16-23(35)26(37)33-21-13-17(29)12-20-19-4-7-30-14-22(19)32-25(20)21/h4,7,12-14,18,23,32H,5-6,8-11,15-16H2,1-3H3,(H,31,38)(H,33,37)/t23-/m0/s1. The molecule has 0 radical (unpaired) electrons. The molecule has 3 amide bonds. The third-order valence-electron chi connectivity index (χ3n) is 7.18. The Kier molecular flexibility index (Phi) is 8.16. The largest absolute Gasteiger partial charge is 0.444 e. The predicted octanol–water partition coefficient (Wildman–Crippen LogP) is 3.52. The molecular weight excluding hydrogens is 536 g/mol. The summed E-state index contributed by atoms with van der Waals surface area (Å²) in [7, 11) is 0. The number of aromatic nitrogens is 2. The highest BCUT2D eigenvalue weighted by atomic mass is 35.5. The normalized spacial score (nSPS) is 19.1. The second-order valence-corrected chi connectivity index (χ2v) is 11.7. The number of nitrogens with one attached hydrogen (secondary N) is 3. The highest BCUT2D eigenvalue weighted by molar-refractivity contribution is 6.33. The molecule has 5 rings (SSSR count). The van der Waals surface area contributed by atoms with Gasteiger partial charge in [0.05, 0.1) is 42.7 Å². The number of nitrogens with zero attached hydrogens (tertiary/aromatic N) is 3. The lowest BCUT2D eigenvalue weighted by atomic mass is 10.0. The zero-order valence-corrected chi connectivity index (χ0v) is 23.7. The topological polar surface area (TPSA) is 129 Å². The number of hydrogen-bond acceptors (Lipinski definition) is 7. The molecule has 214 valence electrons. The molecule has 4 heterocycles. The van der Waals surface area contributed by atoms with Crippen molar-refractivity contribution < 1.29 is 23.9 Å². The Morgan fingerprint density at radius 3 is 2.70 bits per heavy atom. The Bertz CT molecular complexity index is 1410. The van der Waals surface area contributed by atoms with Gasteiger partial charge < -0.3 is 30.0 Å². The molecule has 1 aromatic carbocycles. The fourth-order valence-electron chi connectivity index (χ4n) is 5.22. The van der Waals surface area contributed by atoms with Crippen LogP contribution in [0.5, 0.6) is 0 Å². The SMILES string of the molecule is CC(C)(C)OC(=O)NC1CCN(C(=O)CN2CCOC[C@H]2C(=O)Nc2cc(Cl)cc3c2[nH]c2cnccc23)CC1. The molecule has 2 aromatic heterocycles. The van der Waals surface area contributed by atoms with E-state index in [0.717, 1.165) is 21.8 Å². The second-order valence-electron chi connectivity index (χ2n) is 11.3. The van der Waals surface area contributed by atoms with Gasteiger partial charge in [0.1, 0.15) is 11.6 Å².